The van der Waals surface area contributed by atoms with Gasteiger partial charge in [0.2, 0.25) is 5.91 Å². The van der Waals surface area contributed by atoms with Gasteiger partial charge in [-0.1, -0.05) is 52.3 Å². The summed E-state index contributed by atoms with van der Waals surface area (Å²) in [6.45, 7) is 8.98. The molecule has 5 nitrogen and oxygen atoms in total. The molecular formula is C30H35FN4O. The average Bonchev–Trinajstić information content (AvgIpc) is 2.85. The predicted octanol–water partition coefficient (Wildman–Crippen LogP) is 7.13. The molecule has 2 aromatic carbocycles. The molecule has 2 N–H and O–H groups in total. The molecule has 2 aliphatic carbocycles. The van der Waals surface area contributed by atoms with Crippen molar-refractivity contribution in [3.63, 3.8) is 0 Å². The second-order valence-electron chi connectivity index (χ2n) is 11.2. The molecule has 1 heterocycles. The van der Waals surface area contributed by atoms with Gasteiger partial charge in [0, 0.05) is 11.8 Å². The molecule has 0 aliphatic heterocycles. The second kappa shape index (κ2) is 9.30. The van der Waals surface area contributed by atoms with Gasteiger partial charge < -0.3 is 10.6 Å². The Bertz CT molecular complexity index is 1270. The van der Waals surface area contributed by atoms with E-state index in [0.717, 1.165) is 32.1 Å². The highest BCUT2D eigenvalue weighted by molar-refractivity contribution is 5.95. The lowest BCUT2D eigenvalue weighted by Crippen LogP contribution is -2.53. The molecule has 0 radical (unpaired) electrons. The second-order valence-corrected chi connectivity index (χ2v) is 11.2. The van der Waals surface area contributed by atoms with E-state index in [-0.39, 0.29) is 23.1 Å². The van der Waals surface area contributed by atoms with Crippen molar-refractivity contribution in [3.8, 4) is 0 Å². The first-order chi connectivity index (χ1) is 17.2. The molecule has 2 aliphatic rings. The van der Waals surface area contributed by atoms with Crippen LogP contribution in [0.5, 0.6) is 0 Å². The molecule has 0 saturated heterocycles. The van der Waals surface area contributed by atoms with Gasteiger partial charge in [-0.3, -0.25) is 4.79 Å². The monoisotopic (exact) mass is 486 g/mol. The van der Waals surface area contributed by atoms with E-state index < -0.39 is 5.41 Å². The lowest BCUT2D eigenvalue weighted by atomic mass is 9.49. The first-order valence-electron chi connectivity index (χ1n) is 13.0. The van der Waals surface area contributed by atoms with E-state index in [1.165, 1.54) is 35.2 Å². The zero-order chi connectivity index (χ0) is 25.5. The van der Waals surface area contributed by atoms with Crippen molar-refractivity contribution in [1.82, 2.24) is 9.97 Å². The SMILES string of the molecule is CC(C)c1ccc2c(c1)CC[C@H]1[C@](C)(C(=O)Nc3cc(Nc4ccc(F)cc4)ncn3)CCC[C@]21C. The van der Waals surface area contributed by atoms with Crippen LogP contribution in [-0.4, -0.2) is 15.9 Å². The minimum absolute atomic E-state index is 0.0194. The molecule has 188 valence electrons. The maximum atomic E-state index is 13.8. The fraction of sp³-hybridized carbons (Fsp3) is 0.433. The van der Waals surface area contributed by atoms with Crippen LogP contribution in [0, 0.1) is 17.2 Å². The van der Waals surface area contributed by atoms with Gasteiger partial charge in [-0.15, -0.1) is 0 Å². The molecule has 3 aromatic rings. The number of aryl methyl sites for hydroxylation is 1. The molecule has 1 aromatic heterocycles. The van der Waals surface area contributed by atoms with E-state index >= 15 is 0 Å². The predicted molar refractivity (Wildman–Crippen MR) is 142 cm³/mol. The van der Waals surface area contributed by atoms with E-state index in [1.807, 2.05) is 0 Å². The molecule has 0 unspecified atom stereocenters. The van der Waals surface area contributed by atoms with Crippen LogP contribution in [0.4, 0.5) is 21.7 Å². The molecule has 6 heteroatoms. The smallest absolute Gasteiger partial charge is 0.231 e. The lowest BCUT2D eigenvalue weighted by Gasteiger charge is -2.54. The highest BCUT2D eigenvalue weighted by atomic mass is 19.1. The molecule has 3 atom stereocenters. The maximum Gasteiger partial charge on any atom is 0.231 e. The molecule has 36 heavy (non-hydrogen) atoms. The Morgan fingerprint density at radius 3 is 2.53 bits per heavy atom. The van der Waals surface area contributed by atoms with Gasteiger partial charge in [0.25, 0.3) is 0 Å². The Morgan fingerprint density at radius 2 is 1.78 bits per heavy atom. The number of amides is 1. The quantitative estimate of drug-likeness (QED) is 0.402. The molecule has 0 spiro atoms. The number of hydrogen-bond acceptors (Lipinski definition) is 4. The van der Waals surface area contributed by atoms with Crippen LogP contribution in [0.2, 0.25) is 0 Å². The zero-order valence-electron chi connectivity index (χ0n) is 21.6. The van der Waals surface area contributed by atoms with Crippen LogP contribution in [-0.2, 0) is 16.6 Å². The number of anilines is 3. The van der Waals surface area contributed by atoms with Crippen LogP contribution in [0.25, 0.3) is 0 Å². The fourth-order valence-electron chi connectivity index (χ4n) is 6.58. The highest BCUT2D eigenvalue weighted by Crippen LogP contribution is 2.57. The van der Waals surface area contributed by atoms with E-state index in [1.54, 1.807) is 18.2 Å². The largest absolute Gasteiger partial charge is 0.340 e. The fourth-order valence-corrected chi connectivity index (χ4v) is 6.58. The van der Waals surface area contributed by atoms with Crippen molar-refractivity contribution in [2.45, 2.75) is 71.1 Å². The molecule has 1 fully saturated rings. The van der Waals surface area contributed by atoms with Crippen molar-refractivity contribution in [2.24, 2.45) is 11.3 Å². The summed E-state index contributed by atoms with van der Waals surface area (Å²) in [6, 6.07) is 14.8. The lowest BCUT2D eigenvalue weighted by molar-refractivity contribution is -0.133. The number of carbonyl (C=O) groups excluding carboxylic acids is 1. The number of aromatic nitrogens is 2. The Morgan fingerprint density at radius 1 is 1.03 bits per heavy atom. The number of nitrogens with one attached hydrogen (secondary N) is 2. The summed E-state index contributed by atoms with van der Waals surface area (Å²) < 4.78 is 13.2. The number of hydrogen-bond donors (Lipinski definition) is 2. The summed E-state index contributed by atoms with van der Waals surface area (Å²) in [4.78, 5) is 22.4. The zero-order valence-corrected chi connectivity index (χ0v) is 21.6. The third kappa shape index (κ3) is 4.38. The average molecular weight is 487 g/mol. The third-order valence-corrected chi connectivity index (χ3v) is 8.59. The van der Waals surface area contributed by atoms with E-state index in [0.29, 0.717) is 23.2 Å². The van der Waals surface area contributed by atoms with Gasteiger partial charge in [-0.05, 0) is 83.9 Å². The van der Waals surface area contributed by atoms with Crippen molar-refractivity contribution < 1.29 is 9.18 Å². The minimum Gasteiger partial charge on any atom is -0.340 e. The molecule has 5 rings (SSSR count). The Labute approximate surface area is 213 Å². The summed E-state index contributed by atoms with van der Waals surface area (Å²) in [5.74, 6) is 1.50. The maximum absolute atomic E-state index is 13.8. The summed E-state index contributed by atoms with van der Waals surface area (Å²) in [5, 5.41) is 6.24. The minimum atomic E-state index is -0.489. The molecular weight excluding hydrogens is 451 g/mol. The molecule has 0 bridgehead atoms. The van der Waals surface area contributed by atoms with Crippen LogP contribution in [0.3, 0.4) is 0 Å². The van der Waals surface area contributed by atoms with Gasteiger partial charge in [-0.2, -0.15) is 0 Å². The Balaban J connectivity index is 1.37. The van der Waals surface area contributed by atoms with Gasteiger partial charge in [-0.25, -0.2) is 14.4 Å². The third-order valence-electron chi connectivity index (χ3n) is 8.59. The summed E-state index contributed by atoms with van der Waals surface area (Å²) >= 11 is 0. The van der Waals surface area contributed by atoms with Gasteiger partial charge in [0.15, 0.2) is 0 Å². The van der Waals surface area contributed by atoms with Crippen LogP contribution >= 0.6 is 0 Å². The standard InChI is InChI=1S/C30H35FN4O/c1-19(2)20-6-12-24-21(16-20)7-13-25-29(24,3)14-5-15-30(25,4)28(36)35-27-17-26(32-18-33-27)34-23-10-8-22(31)9-11-23/h6,8-12,16-19,25H,5,7,13-15H2,1-4H3,(H2,32,33,34,35,36)/t25-,29-,30-/m1/s1. The van der Waals surface area contributed by atoms with E-state index in [4.69, 9.17) is 0 Å². The van der Waals surface area contributed by atoms with Crippen LogP contribution < -0.4 is 10.6 Å². The number of fused-ring (bicyclic) bond motifs is 3. The van der Waals surface area contributed by atoms with Gasteiger partial charge in [0.1, 0.15) is 23.8 Å². The summed E-state index contributed by atoms with van der Waals surface area (Å²) in [7, 11) is 0. The van der Waals surface area contributed by atoms with Gasteiger partial charge >= 0.3 is 0 Å². The Kier molecular flexibility index (Phi) is 6.31. The first-order valence-corrected chi connectivity index (χ1v) is 13.0. The summed E-state index contributed by atoms with van der Waals surface area (Å²) in [6.07, 6.45) is 6.44. The normalized spacial score (nSPS) is 25.1. The van der Waals surface area contributed by atoms with Gasteiger partial charge in [0.05, 0.1) is 5.41 Å². The van der Waals surface area contributed by atoms with Crippen LogP contribution in [0.15, 0.2) is 54.9 Å². The first kappa shape index (κ1) is 24.4. The van der Waals surface area contributed by atoms with Crippen molar-refractivity contribution in [3.05, 3.63) is 77.4 Å². The number of rotatable bonds is 5. The topological polar surface area (TPSA) is 66.9 Å². The molecule has 1 amide bonds. The number of halogens is 1. The number of carbonyl (C=O) groups is 1. The summed E-state index contributed by atoms with van der Waals surface area (Å²) in [5.41, 5.74) is 4.47. The van der Waals surface area contributed by atoms with E-state index in [9.17, 15) is 9.18 Å². The molecule has 1 saturated carbocycles. The van der Waals surface area contributed by atoms with Crippen molar-refractivity contribution in [1.29, 1.82) is 0 Å². The van der Waals surface area contributed by atoms with Crippen molar-refractivity contribution in [2.75, 3.05) is 10.6 Å². The van der Waals surface area contributed by atoms with Crippen molar-refractivity contribution >= 4 is 23.2 Å². The van der Waals surface area contributed by atoms with Crippen LogP contribution in [0.1, 0.15) is 76.0 Å². The number of nitrogens with zero attached hydrogens (tertiary/aromatic N) is 2. The highest BCUT2D eigenvalue weighted by Gasteiger charge is 2.55. The number of benzene rings is 2. The Hall–Kier alpha value is -3.28. The van der Waals surface area contributed by atoms with E-state index in [2.05, 4.69) is 66.5 Å².